The second kappa shape index (κ2) is 5.95. The second-order valence-electron chi connectivity index (χ2n) is 4.97. The van der Waals surface area contributed by atoms with Gasteiger partial charge in [-0.3, -0.25) is 4.79 Å². The van der Waals surface area contributed by atoms with Crippen molar-refractivity contribution in [1.82, 2.24) is 5.32 Å². The van der Waals surface area contributed by atoms with Crippen LogP contribution in [-0.4, -0.2) is 20.1 Å². The molecule has 1 atom stereocenters. The molecule has 0 bridgehead atoms. The quantitative estimate of drug-likeness (QED) is 0.888. The summed E-state index contributed by atoms with van der Waals surface area (Å²) >= 11 is 0. The number of hydrogen-bond donors (Lipinski definition) is 1. The van der Waals surface area contributed by atoms with E-state index in [0.29, 0.717) is 0 Å². The summed E-state index contributed by atoms with van der Waals surface area (Å²) in [6.45, 7) is 1.97. The highest BCUT2D eigenvalue weighted by atomic mass is 16.5. The Morgan fingerprint density at radius 2 is 2.05 bits per heavy atom. The Labute approximate surface area is 114 Å². The SMILES string of the molecule is COc1ccc(OC)c([C@H](C)NC(=O)C2CCC2)c1. The van der Waals surface area contributed by atoms with Crippen LogP contribution in [0.1, 0.15) is 37.8 Å². The van der Waals surface area contributed by atoms with E-state index in [1.165, 1.54) is 0 Å². The van der Waals surface area contributed by atoms with E-state index >= 15 is 0 Å². The lowest BCUT2D eigenvalue weighted by molar-refractivity contribution is -0.128. The van der Waals surface area contributed by atoms with Crippen LogP contribution in [0.25, 0.3) is 0 Å². The van der Waals surface area contributed by atoms with Gasteiger partial charge >= 0.3 is 0 Å². The Balaban J connectivity index is 2.11. The van der Waals surface area contributed by atoms with E-state index in [-0.39, 0.29) is 17.9 Å². The molecule has 0 spiro atoms. The number of methoxy groups -OCH3 is 2. The van der Waals surface area contributed by atoms with Crippen LogP contribution < -0.4 is 14.8 Å². The standard InChI is InChI=1S/C15H21NO3/c1-10(16-15(17)11-5-4-6-11)13-9-12(18-2)7-8-14(13)19-3/h7-11H,4-6H2,1-3H3,(H,16,17)/t10-/m0/s1. The molecule has 1 aliphatic carbocycles. The Kier molecular flexibility index (Phi) is 4.30. The minimum absolute atomic E-state index is 0.0850. The van der Waals surface area contributed by atoms with Crippen molar-refractivity contribution < 1.29 is 14.3 Å². The molecule has 1 amide bonds. The fraction of sp³-hybridized carbons (Fsp3) is 0.533. The van der Waals surface area contributed by atoms with Gasteiger partial charge in [0.1, 0.15) is 11.5 Å². The van der Waals surface area contributed by atoms with E-state index < -0.39 is 0 Å². The molecule has 1 saturated carbocycles. The van der Waals surface area contributed by atoms with Gasteiger partial charge in [0.15, 0.2) is 0 Å². The van der Waals surface area contributed by atoms with Gasteiger partial charge in [0.2, 0.25) is 5.91 Å². The number of carbonyl (C=O) groups excluding carboxylic acids is 1. The third-order valence-corrected chi connectivity index (χ3v) is 3.74. The first kappa shape index (κ1) is 13.7. The Morgan fingerprint density at radius 1 is 1.32 bits per heavy atom. The second-order valence-corrected chi connectivity index (χ2v) is 4.97. The van der Waals surface area contributed by atoms with Crippen LogP contribution in [0.15, 0.2) is 18.2 Å². The van der Waals surface area contributed by atoms with Crippen LogP contribution in [0.5, 0.6) is 11.5 Å². The zero-order chi connectivity index (χ0) is 13.8. The molecule has 0 saturated heterocycles. The number of hydrogen-bond acceptors (Lipinski definition) is 3. The lowest BCUT2D eigenvalue weighted by atomic mass is 9.84. The summed E-state index contributed by atoms with van der Waals surface area (Å²) in [6.07, 6.45) is 3.18. The summed E-state index contributed by atoms with van der Waals surface area (Å²) < 4.78 is 10.6. The van der Waals surface area contributed by atoms with Crippen molar-refractivity contribution in [1.29, 1.82) is 0 Å². The van der Waals surface area contributed by atoms with Crippen molar-refractivity contribution in [3.8, 4) is 11.5 Å². The van der Waals surface area contributed by atoms with Crippen molar-refractivity contribution in [2.45, 2.75) is 32.2 Å². The molecule has 1 aliphatic rings. The number of amides is 1. The average molecular weight is 263 g/mol. The Bertz CT molecular complexity index is 455. The van der Waals surface area contributed by atoms with Crippen LogP contribution in [0, 0.1) is 5.92 Å². The highest BCUT2D eigenvalue weighted by Crippen LogP contribution is 2.31. The molecule has 0 radical (unpaired) electrons. The Hall–Kier alpha value is -1.71. The van der Waals surface area contributed by atoms with E-state index in [1.807, 2.05) is 25.1 Å². The van der Waals surface area contributed by atoms with E-state index in [4.69, 9.17) is 9.47 Å². The first-order valence-electron chi connectivity index (χ1n) is 6.68. The topological polar surface area (TPSA) is 47.6 Å². The van der Waals surface area contributed by atoms with Crippen LogP contribution in [0.4, 0.5) is 0 Å². The van der Waals surface area contributed by atoms with Gasteiger partial charge in [-0.1, -0.05) is 6.42 Å². The van der Waals surface area contributed by atoms with Gasteiger partial charge in [0, 0.05) is 11.5 Å². The summed E-state index contributed by atoms with van der Waals surface area (Å²) in [7, 11) is 3.26. The molecule has 4 nitrogen and oxygen atoms in total. The van der Waals surface area contributed by atoms with Gasteiger partial charge in [-0.2, -0.15) is 0 Å². The molecule has 0 aliphatic heterocycles. The van der Waals surface area contributed by atoms with Gasteiger partial charge in [-0.25, -0.2) is 0 Å². The lowest BCUT2D eigenvalue weighted by Crippen LogP contribution is -2.36. The highest BCUT2D eigenvalue weighted by Gasteiger charge is 2.26. The van der Waals surface area contributed by atoms with Crippen LogP contribution in [0.2, 0.25) is 0 Å². The molecule has 0 aromatic heterocycles. The molecule has 0 unspecified atom stereocenters. The van der Waals surface area contributed by atoms with Gasteiger partial charge < -0.3 is 14.8 Å². The summed E-state index contributed by atoms with van der Waals surface area (Å²) in [6, 6.07) is 5.53. The van der Waals surface area contributed by atoms with E-state index in [1.54, 1.807) is 14.2 Å². The number of benzene rings is 1. The molecule has 1 N–H and O–H groups in total. The molecule has 1 fully saturated rings. The molecule has 0 heterocycles. The maximum absolute atomic E-state index is 12.0. The number of carbonyl (C=O) groups is 1. The summed E-state index contributed by atoms with van der Waals surface area (Å²) in [5.41, 5.74) is 0.939. The molecule has 104 valence electrons. The van der Waals surface area contributed by atoms with Crippen molar-refractivity contribution in [2.24, 2.45) is 5.92 Å². The first-order valence-corrected chi connectivity index (χ1v) is 6.68. The minimum Gasteiger partial charge on any atom is -0.497 e. The van der Waals surface area contributed by atoms with Gasteiger partial charge in [-0.15, -0.1) is 0 Å². The third kappa shape index (κ3) is 3.00. The number of rotatable bonds is 5. The molecule has 4 heteroatoms. The highest BCUT2D eigenvalue weighted by molar-refractivity contribution is 5.79. The fourth-order valence-corrected chi connectivity index (χ4v) is 2.26. The number of nitrogens with one attached hydrogen (secondary N) is 1. The fourth-order valence-electron chi connectivity index (χ4n) is 2.26. The van der Waals surface area contributed by atoms with Crippen LogP contribution in [-0.2, 0) is 4.79 Å². The summed E-state index contributed by atoms with van der Waals surface area (Å²) in [5.74, 6) is 1.87. The first-order chi connectivity index (χ1) is 9.15. The van der Waals surface area contributed by atoms with E-state index in [9.17, 15) is 4.79 Å². The zero-order valence-corrected chi connectivity index (χ0v) is 11.7. The summed E-state index contributed by atoms with van der Waals surface area (Å²) in [4.78, 5) is 12.0. The number of ether oxygens (including phenoxy) is 2. The molecule has 1 aromatic rings. The van der Waals surface area contributed by atoms with Crippen molar-refractivity contribution in [2.75, 3.05) is 14.2 Å². The molecule has 1 aromatic carbocycles. The third-order valence-electron chi connectivity index (χ3n) is 3.74. The maximum atomic E-state index is 12.0. The average Bonchev–Trinajstić information content (AvgIpc) is 2.35. The van der Waals surface area contributed by atoms with Crippen molar-refractivity contribution >= 4 is 5.91 Å². The maximum Gasteiger partial charge on any atom is 0.223 e. The smallest absolute Gasteiger partial charge is 0.223 e. The lowest BCUT2D eigenvalue weighted by Gasteiger charge is -2.26. The van der Waals surface area contributed by atoms with E-state index in [0.717, 1.165) is 36.3 Å². The summed E-state index contributed by atoms with van der Waals surface area (Å²) in [5, 5.41) is 3.05. The molecule has 19 heavy (non-hydrogen) atoms. The zero-order valence-electron chi connectivity index (χ0n) is 11.7. The van der Waals surface area contributed by atoms with Crippen molar-refractivity contribution in [3.05, 3.63) is 23.8 Å². The normalized spacial score (nSPS) is 16.4. The largest absolute Gasteiger partial charge is 0.497 e. The van der Waals surface area contributed by atoms with Gasteiger partial charge in [-0.05, 0) is 38.0 Å². The van der Waals surface area contributed by atoms with Crippen LogP contribution >= 0.6 is 0 Å². The van der Waals surface area contributed by atoms with Gasteiger partial charge in [0.05, 0.1) is 20.3 Å². The monoisotopic (exact) mass is 263 g/mol. The predicted molar refractivity (Wildman–Crippen MR) is 73.4 cm³/mol. The van der Waals surface area contributed by atoms with Gasteiger partial charge in [0.25, 0.3) is 0 Å². The van der Waals surface area contributed by atoms with E-state index in [2.05, 4.69) is 5.32 Å². The Morgan fingerprint density at radius 3 is 2.58 bits per heavy atom. The molecular formula is C15H21NO3. The van der Waals surface area contributed by atoms with Crippen molar-refractivity contribution in [3.63, 3.8) is 0 Å². The molecular weight excluding hydrogens is 242 g/mol. The minimum atomic E-state index is -0.0850. The molecule has 2 rings (SSSR count). The predicted octanol–water partition coefficient (Wildman–Crippen LogP) is 2.68. The van der Waals surface area contributed by atoms with Crippen LogP contribution in [0.3, 0.4) is 0 Å².